The molecule has 1 aliphatic rings. The normalized spacial score (nSPS) is 33.0. The summed E-state index contributed by atoms with van der Waals surface area (Å²) in [5, 5.41) is 47.5. The van der Waals surface area contributed by atoms with Crippen LogP contribution in [-0.2, 0) is 15.9 Å². The lowest BCUT2D eigenvalue weighted by Crippen LogP contribution is -2.59. The maximum absolute atomic E-state index is 9.88. The Hall–Kier alpha value is -1.22. The molecule has 0 spiro atoms. The second-order valence-electron chi connectivity index (χ2n) is 4.98. The molecule has 1 aromatic rings. The van der Waals surface area contributed by atoms with Gasteiger partial charge in [-0.05, 0) is 24.1 Å². The summed E-state index contributed by atoms with van der Waals surface area (Å²) in [5.41, 5.74) is 0.919. The molecule has 2 rings (SSSR count). The van der Waals surface area contributed by atoms with E-state index in [9.17, 15) is 20.4 Å². The molecule has 1 fully saturated rings. The zero-order valence-electron chi connectivity index (χ0n) is 11.4. The number of rotatable bonds is 5. The third-order valence-corrected chi connectivity index (χ3v) is 3.48. The summed E-state index contributed by atoms with van der Waals surface area (Å²) < 4.78 is 10.4. The van der Waals surface area contributed by atoms with E-state index in [2.05, 4.69) is 0 Å². The van der Waals surface area contributed by atoms with Crippen LogP contribution in [0.2, 0.25) is 0 Å². The predicted octanol–water partition coefficient (Wildman–Crippen LogP) is -1.25. The molecule has 0 bridgehead atoms. The highest BCUT2D eigenvalue weighted by molar-refractivity contribution is 5.25. The second kappa shape index (κ2) is 7.17. The first kappa shape index (κ1) is 16.2. The fraction of sp³-hybridized carbons (Fsp3) is 0.571. The first-order valence-electron chi connectivity index (χ1n) is 6.73. The molecule has 0 amide bonds. The number of aliphatic hydroxyl groups excluding tert-OH is 4. The minimum absolute atomic E-state index is 0.171. The number of aromatic hydroxyl groups is 1. The number of aliphatic hydroxyl groups is 4. The van der Waals surface area contributed by atoms with Gasteiger partial charge in [-0.15, -0.1) is 0 Å². The monoisotopic (exact) mass is 300 g/mol. The van der Waals surface area contributed by atoms with Crippen LogP contribution in [0.3, 0.4) is 0 Å². The molecule has 0 aromatic heterocycles. The summed E-state index contributed by atoms with van der Waals surface area (Å²) in [6.07, 6.45) is -5.69. The Bertz CT molecular complexity index is 435. The van der Waals surface area contributed by atoms with Gasteiger partial charge in [-0.2, -0.15) is 0 Å². The van der Waals surface area contributed by atoms with Gasteiger partial charge in [0.1, 0.15) is 30.2 Å². The van der Waals surface area contributed by atoms with Crippen LogP contribution in [0, 0.1) is 0 Å². The van der Waals surface area contributed by atoms with Gasteiger partial charge in [0.25, 0.3) is 0 Å². The van der Waals surface area contributed by atoms with E-state index in [0.29, 0.717) is 6.42 Å². The standard InChI is InChI=1S/C14H20O7/c15-7-10-11(17)12(18)13(14(19)21-10)20-6-5-8-1-3-9(16)4-2-8/h1-4,10-19H,5-7H2/t10-,11-,12+,13-,14-/m1/s1. The van der Waals surface area contributed by atoms with Crippen molar-refractivity contribution in [3.05, 3.63) is 29.8 Å². The fourth-order valence-corrected chi connectivity index (χ4v) is 2.23. The third-order valence-electron chi connectivity index (χ3n) is 3.48. The largest absolute Gasteiger partial charge is 0.508 e. The zero-order chi connectivity index (χ0) is 15.4. The van der Waals surface area contributed by atoms with E-state index in [1.54, 1.807) is 24.3 Å². The topological polar surface area (TPSA) is 120 Å². The van der Waals surface area contributed by atoms with Crippen LogP contribution in [0.15, 0.2) is 24.3 Å². The molecule has 1 saturated heterocycles. The molecule has 1 aliphatic heterocycles. The lowest BCUT2D eigenvalue weighted by atomic mass is 9.99. The van der Waals surface area contributed by atoms with Crippen LogP contribution in [0.5, 0.6) is 5.75 Å². The number of phenols is 1. The Morgan fingerprint density at radius 2 is 1.71 bits per heavy atom. The lowest BCUT2D eigenvalue weighted by Gasteiger charge is -2.39. The van der Waals surface area contributed by atoms with Crippen LogP contribution in [0.1, 0.15) is 5.56 Å². The van der Waals surface area contributed by atoms with Gasteiger partial charge in [0.05, 0.1) is 13.2 Å². The molecule has 5 N–H and O–H groups in total. The summed E-state index contributed by atoms with van der Waals surface area (Å²) in [7, 11) is 0. The van der Waals surface area contributed by atoms with Crippen molar-refractivity contribution in [2.45, 2.75) is 37.1 Å². The first-order chi connectivity index (χ1) is 10.0. The van der Waals surface area contributed by atoms with E-state index in [1.807, 2.05) is 0 Å². The SMILES string of the molecule is OC[C@H]1O[C@@H](O)[C@H](OCCc2ccc(O)cc2)[C@@H](O)[C@@H]1O. The van der Waals surface area contributed by atoms with Gasteiger partial charge in [0.15, 0.2) is 6.29 Å². The van der Waals surface area contributed by atoms with E-state index < -0.39 is 37.3 Å². The van der Waals surface area contributed by atoms with Crippen molar-refractivity contribution < 1.29 is 35.0 Å². The van der Waals surface area contributed by atoms with Crippen molar-refractivity contribution in [1.82, 2.24) is 0 Å². The molecule has 0 saturated carbocycles. The number of hydrogen-bond donors (Lipinski definition) is 5. The molecule has 7 nitrogen and oxygen atoms in total. The number of hydrogen-bond acceptors (Lipinski definition) is 7. The Morgan fingerprint density at radius 1 is 1.05 bits per heavy atom. The highest BCUT2D eigenvalue weighted by Gasteiger charge is 2.44. The smallest absolute Gasteiger partial charge is 0.184 e. The van der Waals surface area contributed by atoms with Crippen molar-refractivity contribution in [3.8, 4) is 5.75 Å². The Labute approximate surface area is 122 Å². The molecule has 1 aromatic carbocycles. The quantitative estimate of drug-likeness (QED) is 0.461. The number of ether oxygens (including phenoxy) is 2. The molecule has 0 aliphatic carbocycles. The number of benzene rings is 1. The Balaban J connectivity index is 1.86. The van der Waals surface area contributed by atoms with Gasteiger partial charge >= 0.3 is 0 Å². The van der Waals surface area contributed by atoms with Gasteiger partial charge in [0.2, 0.25) is 0 Å². The minimum Gasteiger partial charge on any atom is -0.508 e. The van der Waals surface area contributed by atoms with E-state index in [-0.39, 0.29) is 12.4 Å². The van der Waals surface area contributed by atoms with E-state index >= 15 is 0 Å². The van der Waals surface area contributed by atoms with Gasteiger partial charge in [-0.25, -0.2) is 0 Å². The lowest BCUT2D eigenvalue weighted by molar-refractivity contribution is -0.296. The van der Waals surface area contributed by atoms with E-state index in [0.717, 1.165) is 5.56 Å². The van der Waals surface area contributed by atoms with Crippen molar-refractivity contribution in [1.29, 1.82) is 0 Å². The minimum atomic E-state index is -1.42. The van der Waals surface area contributed by atoms with Crippen LogP contribution in [0.25, 0.3) is 0 Å². The van der Waals surface area contributed by atoms with Crippen LogP contribution >= 0.6 is 0 Å². The van der Waals surface area contributed by atoms with Crippen LogP contribution in [0.4, 0.5) is 0 Å². The van der Waals surface area contributed by atoms with Crippen LogP contribution in [-0.4, -0.2) is 69.5 Å². The first-order valence-corrected chi connectivity index (χ1v) is 6.73. The Morgan fingerprint density at radius 3 is 2.33 bits per heavy atom. The molecule has 21 heavy (non-hydrogen) atoms. The van der Waals surface area contributed by atoms with E-state index in [4.69, 9.17) is 14.6 Å². The molecular formula is C14H20O7. The Kier molecular flexibility index (Phi) is 5.51. The molecule has 7 heteroatoms. The maximum Gasteiger partial charge on any atom is 0.184 e. The molecule has 1 heterocycles. The average Bonchev–Trinajstić information content (AvgIpc) is 2.48. The van der Waals surface area contributed by atoms with Gasteiger partial charge in [0, 0.05) is 0 Å². The highest BCUT2D eigenvalue weighted by atomic mass is 16.7. The van der Waals surface area contributed by atoms with E-state index in [1.165, 1.54) is 0 Å². The average molecular weight is 300 g/mol. The molecular weight excluding hydrogens is 280 g/mol. The van der Waals surface area contributed by atoms with Crippen LogP contribution < -0.4 is 0 Å². The summed E-state index contributed by atoms with van der Waals surface area (Å²) >= 11 is 0. The van der Waals surface area contributed by atoms with Crippen molar-refractivity contribution in [3.63, 3.8) is 0 Å². The maximum atomic E-state index is 9.88. The van der Waals surface area contributed by atoms with Gasteiger partial charge in [-0.1, -0.05) is 12.1 Å². The summed E-state index contributed by atoms with van der Waals surface area (Å²) in [5.74, 6) is 0.171. The highest BCUT2D eigenvalue weighted by Crippen LogP contribution is 2.22. The fourth-order valence-electron chi connectivity index (χ4n) is 2.23. The van der Waals surface area contributed by atoms with Crippen molar-refractivity contribution in [2.24, 2.45) is 0 Å². The number of phenolic OH excluding ortho intramolecular Hbond substituents is 1. The van der Waals surface area contributed by atoms with Gasteiger partial charge in [-0.3, -0.25) is 0 Å². The third kappa shape index (κ3) is 3.91. The summed E-state index contributed by atoms with van der Waals surface area (Å²) in [6, 6.07) is 6.58. The van der Waals surface area contributed by atoms with Gasteiger partial charge < -0.3 is 35.0 Å². The second-order valence-corrected chi connectivity index (χ2v) is 4.98. The summed E-state index contributed by atoms with van der Waals surface area (Å²) in [6.45, 7) is -0.307. The molecule has 0 radical (unpaired) electrons. The molecule has 5 atom stereocenters. The summed E-state index contributed by atoms with van der Waals surface area (Å²) in [4.78, 5) is 0. The molecule has 0 unspecified atom stereocenters. The predicted molar refractivity (Wildman–Crippen MR) is 71.5 cm³/mol. The van der Waals surface area contributed by atoms with Crippen molar-refractivity contribution >= 4 is 0 Å². The molecule has 118 valence electrons. The van der Waals surface area contributed by atoms with Crippen molar-refractivity contribution in [2.75, 3.05) is 13.2 Å². The zero-order valence-corrected chi connectivity index (χ0v) is 11.4.